The van der Waals surface area contributed by atoms with Crippen molar-refractivity contribution >= 4 is 32.8 Å². The number of hydrazine groups is 1. The molecule has 1 heterocycles. The second-order valence-electron chi connectivity index (χ2n) is 3.12. The quantitative estimate of drug-likeness (QED) is 0.234. The molecule has 0 amide bonds. The fourth-order valence-electron chi connectivity index (χ4n) is 1.28. The number of aromatic nitrogens is 2. The largest absolute Gasteiger partial charge is 0.394 e. The van der Waals surface area contributed by atoms with Gasteiger partial charge in [0.1, 0.15) is 0 Å². The maximum Gasteiger partial charge on any atom is 0.394 e. The topological polar surface area (TPSA) is 175 Å². The number of hydrogen-bond donors (Lipinski definition) is 5. The van der Waals surface area contributed by atoms with Gasteiger partial charge in [0.15, 0.2) is 5.82 Å². The molecule has 0 radical (unpaired) electrons. The van der Waals surface area contributed by atoms with Gasteiger partial charge in [-0.3, -0.25) is 9.11 Å². The molecular formula is C8H10N6O4S. The second kappa shape index (κ2) is 6.10. The van der Waals surface area contributed by atoms with Crippen molar-refractivity contribution < 1.29 is 17.5 Å². The molecular weight excluding hydrogens is 276 g/mol. The van der Waals surface area contributed by atoms with Crippen molar-refractivity contribution in [3.05, 3.63) is 24.3 Å². The minimum atomic E-state index is -4.67. The Morgan fingerprint density at radius 3 is 2.21 bits per heavy atom. The lowest BCUT2D eigenvalue weighted by Crippen LogP contribution is -2.09. The summed E-state index contributed by atoms with van der Waals surface area (Å²) in [5.74, 6) is 6.05. The van der Waals surface area contributed by atoms with Crippen LogP contribution in [0, 0.1) is 5.53 Å². The van der Waals surface area contributed by atoms with Gasteiger partial charge in [-0.05, 0) is 0 Å². The maximum absolute atomic E-state index is 8.74. The zero-order chi connectivity index (χ0) is 14.5. The van der Waals surface area contributed by atoms with E-state index in [9.17, 15) is 0 Å². The first-order valence-electron chi connectivity index (χ1n) is 4.66. The third-order valence-corrected chi connectivity index (χ3v) is 1.91. The summed E-state index contributed by atoms with van der Waals surface area (Å²) in [6.45, 7) is 0. The van der Waals surface area contributed by atoms with E-state index in [0.29, 0.717) is 11.6 Å². The van der Waals surface area contributed by atoms with Gasteiger partial charge >= 0.3 is 10.4 Å². The van der Waals surface area contributed by atoms with Crippen LogP contribution in [0.5, 0.6) is 0 Å². The predicted molar refractivity (Wildman–Crippen MR) is 66.3 cm³/mol. The summed E-state index contributed by atoms with van der Waals surface area (Å²) in [7, 11) is -4.67. The van der Waals surface area contributed by atoms with Gasteiger partial charge in [0, 0.05) is 10.8 Å². The Balaban J connectivity index is 0.000000312. The monoisotopic (exact) mass is 286 g/mol. The summed E-state index contributed by atoms with van der Waals surface area (Å²) in [4.78, 5) is 0. The average molecular weight is 286 g/mol. The molecule has 0 saturated heterocycles. The molecule has 0 aliphatic rings. The molecule has 19 heavy (non-hydrogen) atoms. The van der Waals surface area contributed by atoms with Crippen molar-refractivity contribution in [2.75, 3.05) is 5.43 Å². The molecule has 0 bridgehead atoms. The van der Waals surface area contributed by atoms with Crippen molar-refractivity contribution in [1.29, 1.82) is 5.53 Å². The van der Waals surface area contributed by atoms with E-state index in [2.05, 4.69) is 20.7 Å². The normalized spacial score (nSPS) is 10.5. The van der Waals surface area contributed by atoms with Crippen LogP contribution in [-0.4, -0.2) is 27.7 Å². The summed E-state index contributed by atoms with van der Waals surface area (Å²) < 4.78 is 31.6. The van der Waals surface area contributed by atoms with E-state index in [1.165, 1.54) is 0 Å². The molecule has 10 nitrogen and oxygen atoms in total. The molecule has 0 spiro atoms. The smallest absolute Gasteiger partial charge is 0.306 e. The number of nitrogens with two attached hydrogens (primary N) is 1. The molecule has 0 fully saturated rings. The highest BCUT2D eigenvalue weighted by Crippen LogP contribution is 2.26. The van der Waals surface area contributed by atoms with Crippen LogP contribution in [0.3, 0.4) is 0 Å². The molecule has 0 atom stereocenters. The predicted octanol–water partition coefficient (Wildman–Crippen LogP) is 0.925. The minimum absolute atomic E-state index is 0.291. The molecule has 2 aromatic rings. The van der Waals surface area contributed by atoms with Gasteiger partial charge in [0.25, 0.3) is 0 Å². The minimum Gasteiger partial charge on any atom is -0.306 e. The van der Waals surface area contributed by atoms with Crippen LogP contribution >= 0.6 is 0 Å². The van der Waals surface area contributed by atoms with Crippen molar-refractivity contribution in [2.45, 2.75) is 0 Å². The van der Waals surface area contributed by atoms with E-state index in [1.807, 2.05) is 24.3 Å². The zero-order valence-corrected chi connectivity index (χ0v) is 10.2. The van der Waals surface area contributed by atoms with Gasteiger partial charge in [-0.2, -0.15) is 8.42 Å². The second-order valence-corrected chi connectivity index (χ2v) is 4.02. The Hall–Kier alpha value is -2.21. The van der Waals surface area contributed by atoms with E-state index < -0.39 is 10.4 Å². The molecule has 0 aliphatic heterocycles. The number of rotatable bonds is 2. The summed E-state index contributed by atoms with van der Waals surface area (Å²) in [5.41, 5.74) is 9.37. The number of hydrogen-bond acceptors (Lipinski definition) is 8. The van der Waals surface area contributed by atoms with Crippen molar-refractivity contribution in [3.63, 3.8) is 0 Å². The lowest BCUT2D eigenvalue weighted by Gasteiger charge is -2.03. The van der Waals surface area contributed by atoms with E-state index in [1.54, 1.807) is 0 Å². The summed E-state index contributed by atoms with van der Waals surface area (Å²) in [5, 5.41) is 12.4. The molecule has 1 aromatic heterocycles. The molecule has 102 valence electrons. The number of anilines is 1. The molecule has 11 heteroatoms. The van der Waals surface area contributed by atoms with Crippen LogP contribution in [0.1, 0.15) is 0 Å². The fourth-order valence-corrected chi connectivity index (χ4v) is 1.28. The zero-order valence-electron chi connectivity index (χ0n) is 9.35. The highest BCUT2D eigenvalue weighted by Gasteiger charge is 2.06. The maximum atomic E-state index is 8.74. The van der Waals surface area contributed by atoms with Crippen LogP contribution in [0.2, 0.25) is 0 Å². The standard InChI is InChI=1S/C8H8N6.H2O4S/c9-11-7-5-3-1-2-4-6(5)8(12-10)14-13-7;1-5(2,3)4/h1-4,9H,10H2,(H,12,14);(H2,1,2,3,4). The van der Waals surface area contributed by atoms with Crippen LogP contribution in [0.25, 0.3) is 10.8 Å². The Kier molecular flexibility index (Phi) is 4.77. The first kappa shape index (κ1) is 14.8. The highest BCUT2D eigenvalue weighted by molar-refractivity contribution is 7.79. The number of nitrogens with zero attached hydrogens (tertiary/aromatic N) is 3. The van der Waals surface area contributed by atoms with Crippen molar-refractivity contribution in [1.82, 2.24) is 10.2 Å². The molecule has 0 unspecified atom stereocenters. The van der Waals surface area contributed by atoms with Crippen LogP contribution in [0.15, 0.2) is 29.4 Å². The first-order valence-corrected chi connectivity index (χ1v) is 6.06. The van der Waals surface area contributed by atoms with Crippen LogP contribution < -0.4 is 11.3 Å². The summed E-state index contributed by atoms with van der Waals surface area (Å²) in [6, 6.07) is 7.36. The number of nitrogens with one attached hydrogen (secondary N) is 2. The lowest BCUT2D eigenvalue weighted by molar-refractivity contribution is 0.381. The Morgan fingerprint density at radius 2 is 1.74 bits per heavy atom. The van der Waals surface area contributed by atoms with E-state index in [0.717, 1.165) is 10.8 Å². The third-order valence-electron chi connectivity index (χ3n) is 1.91. The van der Waals surface area contributed by atoms with Crippen molar-refractivity contribution in [3.8, 4) is 0 Å². The number of benzene rings is 1. The van der Waals surface area contributed by atoms with Gasteiger partial charge in [0.05, 0.1) is 0 Å². The summed E-state index contributed by atoms with van der Waals surface area (Å²) in [6.07, 6.45) is 0. The van der Waals surface area contributed by atoms with Crippen LogP contribution in [-0.2, 0) is 10.4 Å². The van der Waals surface area contributed by atoms with Gasteiger partial charge in [-0.15, -0.1) is 15.3 Å². The molecule has 0 saturated carbocycles. The molecule has 2 rings (SSSR count). The molecule has 1 aromatic carbocycles. The lowest BCUT2D eigenvalue weighted by atomic mass is 10.2. The van der Waals surface area contributed by atoms with E-state index in [4.69, 9.17) is 28.9 Å². The SMILES string of the molecule is N=Nc1nnc(NN)c2ccccc12.O=S(=O)(O)O. The van der Waals surface area contributed by atoms with Crippen molar-refractivity contribution in [2.24, 2.45) is 11.0 Å². The van der Waals surface area contributed by atoms with Gasteiger partial charge in [0.2, 0.25) is 5.82 Å². The van der Waals surface area contributed by atoms with Gasteiger partial charge < -0.3 is 5.43 Å². The Bertz CT molecular complexity index is 681. The molecule has 0 aliphatic carbocycles. The Morgan fingerprint density at radius 1 is 1.21 bits per heavy atom. The highest BCUT2D eigenvalue weighted by atomic mass is 32.3. The van der Waals surface area contributed by atoms with E-state index in [-0.39, 0.29) is 0 Å². The van der Waals surface area contributed by atoms with Crippen LogP contribution in [0.4, 0.5) is 11.6 Å². The molecule has 6 N–H and O–H groups in total. The van der Waals surface area contributed by atoms with E-state index >= 15 is 0 Å². The number of fused-ring (bicyclic) bond motifs is 1. The third kappa shape index (κ3) is 4.51. The number of nitrogen functional groups attached to an aromatic ring is 1. The van der Waals surface area contributed by atoms with Gasteiger partial charge in [-0.1, -0.05) is 24.3 Å². The summed E-state index contributed by atoms with van der Waals surface area (Å²) >= 11 is 0. The fraction of sp³-hybridized carbons (Fsp3) is 0. The van der Waals surface area contributed by atoms with Gasteiger partial charge in [-0.25, -0.2) is 11.4 Å². The Labute approximate surface area is 107 Å². The first-order chi connectivity index (χ1) is 8.86. The average Bonchev–Trinajstić information content (AvgIpc) is 2.35.